The zero-order valence-corrected chi connectivity index (χ0v) is 12.1. The molecule has 0 spiro atoms. The fourth-order valence-electron chi connectivity index (χ4n) is 1.96. The highest BCUT2D eigenvalue weighted by Gasteiger charge is 2.07. The highest BCUT2D eigenvalue weighted by atomic mass is 15.1. The number of nitriles is 1. The van der Waals surface area contributed by atoms with Crippen LogP contribution in [-0.4, -0.2) is 37.6 Å². The van der Waals surface area contributed by atoms with E-state index in [1.807, 2.05) is 6.07 Å². The summed E-state index contributed by atoms with van der Waals surface area (Å²) in [6.45, 7) is 5.04. The third-order valence-corrected chi connectivity index (χ3v) is 3.22. The number of hydrogen-bond acceptors (Lipinski definition) is 3. The van der Waals surface area contributed by atoms with E-state index in [1.54, 1.807) is 0 Å². The topological polar surface area (TPSA) is 39.1 Å². The lowest BCUT2D eigenvalue weighted by Gasteiger charge is -2.18. The summed E-state index contributed by atoms with van der Waals surface area (Å²) in [6.07, 6.45) is 3.03. The Balaban J connectivity index is 2.20. The first-order valence-corrected chi connectivity index (χ1v) is 7.11. The summed E-state index contributed by atoms with van der Waals surface area (Å²) < 4.78 is 0. The van der Waals surface area contributed by atoms with Crippen molar-refractivity contribution in [3.63, 3.8) is 0 Å². The zero-order chi connectivity index (χ0) is 13.9. The van der Waals surface area contributed by atoms with Gasteiger partial charge >= 0.3 is 0 Å². The number of nitrogens with one attached hydrogen (secondary N) is 1. The molecule has 3 heteroatoms. The summed E-state index contributed by atoms with van der Waals surface area (Å²) in [4.78, 5) is 2.30. The third-order valence-electron chi connectivity index (χ3n) is 3.22. The van der Waals surface area contributed by atoms with Crippen molar-refractivity contribution < 1.29 is 0 Å². The van der Waals surface area contributed by atoms with Crippen molar-refractivity contribution in [2.24, 2.45) is 0 Å². The maximum atomic E-state index is 9.04. The van der Waals surface area contributed by atoms with Gasteiger partial charge in [-0.05, 0) is 38.4 Å². The van der Waals surface area contributed by atoms with E-state index < -0.39 is 0 Å². The molecule has 1 atom stereocenters. The summed E-state index contributed by atoms with van der Waals surface area (Å²) in [5.41, 5.74) is 1.37. The van der Waals surface area contributed by atoms with Crippen molar-refractivity contribution in [2.45, 2.75) is 32.2 Å². The van der Waals surface area contributed by atoms with Crippen LogP contribution < -0.4 is 5.32 Å². The SMILES string of the molecule is CCCNC(C#N)CCN(C)CCc1ccccc1. The van der Waals surface area contributed by atoms with Gasteiger partial charge in [0.05, 0.1) is 12.1 Å². The van der Waals surface area contributed by atoms with E-state index in [-0.39, 0.29) is 6.04 Å². The zero-order valence-electron chi connectivity index (χ0n) is 12.1. The smallest absolute Gasteiger partial charge is 0.0965 e. The van der Waals surface area contributed by atoms with Crippen molar-refractivity contribution in [1.82, 2.24) is 10.2 Å². The van der Waals surface area contributed by atoms with Crippen LogP contribution in [0.3, 0.4) is 0 Å². The largest absolute Gasteiger partial charge is 0.306 e. The highest BCUT2D eigenvalue weighted by Crippen LogP contribution is 2.01. The number of rotatable bonds is 9. The minimum atomic E-state index is -0.0147. The van der Waals surface area contributed by atoms with Crippen LogP contribution in [0.5, 0.6) is 0 Å². The van der Waals surface area contributed by atoms with Gasteiger partial charge in [0, 0.05) is 13.1 Å². The Hall–Kier alpha value is -1.37. The van der Waals surface area contributed by atoms with E-state index in [0.717, 1.165) is 38.9 Å². The van der Waals surface area contributed by atoms with Gasteiger partial charge in [0.2, 0.25) is 0 Å². The van der Waals surface area contributed by atoms with Crippen LogP contribution in [-0.2, 0) is 6.42 Å². The molecule has 19 heavy (non-hydrogen) atoms. The lowest BCUT2D eigenvalue weighted by molar-refractivity contribution is 0.321. The van der Waals surface area contributed by atoms with Gasteiger partial charge in [-0.25, -0.2) is 0 Å². The molecule has 104 valence electrons. The molecule has 0 saturated heterocycles. The van der Waals surface area contributed by atoms with Crippen LogP contribution in [0.1, 0.15) is 25.3 Å². The highest BCUT2D eigenvalue weighted by molar-refractivity contribution is 5.14. The van der Waals surface area contributed by atoms with Gasteiger partial charge in [-0.2, -0.15) is 5.26 Å². The Morgan fingerprint density at radius 3 is 2.63 bits per heavy atom. The summed E-state index contributed by atoms with van der Waals surface area (Å²) in [7, 11) is 2.12. The second kappa shape index (κ2) is 9.55. The second-order valence-electron chi connectivity index (χ2n) is 4.96. The molecule has 0 radical (unpaired) electrons. The maximum absolute atomic E-state index is 9.04. The van der Waals surface area contributed by atoms with E-state index in [4.69, 9.17) is 5.26 Å². The number of likely N-dealkylation sites (N-methyl/N-ethyl adjacent to an activating group) is 1. The molecule has 1 rings (SSSR count). The van der Waals surface area contributed by atoms with E-state index in [0.29, 0.717) is 0 Å². The van der Waals surface area contributed by atoms with E-state index in [2.05, 4.69) is 54.5 Å². The van der Waals surface area contributed by atoms with Crippen LogP contribution in [0.15, 0.2) is 30.3 Å². The molecule has 0 amide bonds. The van der Waals surface area contributed by atoms with Gasteiger partial charge in [0.25, 0.3) is 0 Å². The van der Waals surface area contributed by atoms with Crippen LogP contribution in [0.4, 0.5) is 0 Å². The molecular weight excluding hydrogens is 234 g/mol. The molecule has 0 heterocycles. The van der Waals surface area contributed by atoms with Crippen molar-refractivity contribution in [3.8, 4) is 6.07 Å². The molecule has 0 saturated carbocycles. The lowest BCUT2D eigenvalue weighted by atomic mass is 10.1. The predicted octanol–water partition coefficient (Wildman–Crippen LogP) is 2.44. The summed E-state index contributed by atoms with van der Waals surface area (Å²) in [5.74, 6) is 0. The van der Waals surface area contributed by atoms with Crippen molar-refractivity contribution in [3.05, 3.63) is 35.9 Å². The van der Waals surface area contributed by atoms with E-state index in [9.17, 15) is 0 Å². The Morgan fingerprint density at radius 1 is 1.26 bits per heavy atom. The van der Waals surface area contributed by atoms with Crippen LogP contribution in [0.2, 0.25) is 0 Å². The molecule has 0 aromatic heterocycles. The molecule has 1 unspecified atom stereocenters. The fourth-order valence-corrected chi connectivity index (χ4v) is 1.96. The van der Waals surface area contributed by atoms with E-state index >= 15 is 0 Å². The average Bonchev–Trinajstić information content (AvgIpc) is 2.46. The predicted molar refractivity (Wildman–Crippen MR) is 80.0 cm³/mol. The molecule has 1 N–H and O–H groups in total. The molecule has 0 aliphatic rings. The Labute approximate surface area is 117 Å². The minimum absolute atomic E-state index is 0.0147. The molecule has 1 aromatic rings. The number of nitrogens with zero attached hydrogens (tertiary/aromatic N) is 2. The third kappa shape index (κ3) is 6.95. The van der Waals surface area contributed by atoms with Gasteiger partial charge in [-0.1, -0.05) is 37.3 Å². The van der Waals surface area contributed by atoms with Crippen LogP contribution >= 0.6 is 0 Å². The van der Waals surface area contributed by atoms with Gasteiger partial charge in [-0.3, -0.25) is 0 Å². The monoisotopic (exact) mass is 259 g/mol. The molecule has 0 fully saturated rings. The van der Waals surface area contributed by atoms with Crippen LogP contribution in [0.25, 0.3) is 0 Å². The fraction of sp³-hybridized carbons (Fsp3) is 0.562. The van der Waals surface area contributed by atoms with Crippen molar-refractivity contribution >= 4 is 0 Å². The van der Waals surface area contributed by atoms with E-state index in [1.165, 1.54) is 5.56 Å². The lowest BCUT2D eigenvalue weighted by Crippen LogP contribution is -2.33. The number of hydrogen-bond donors (Lipinski definition) is 1. The molecule has 0 aliphatic heterocycles. The first-order valence-electron chi connectivity index (χ1n) is 7.11. The quantitative estimate of drug-likeness (QED) is 0.740. The Kier molecular flexibility index (Phi) is 7.88. The van der Waals surface area contributed by atoms with Crippen LogP contribution in [0, 0.1) is 11.3 Å². The first-order chi connectivity index (χ1) is 9.26. The van der Waals surface area contributed by atoms with Gasteiger partial charge in [-0.15, -0.1) is 0 Å². The van der Waals surface area contributed by atoms with Crippen molar-refractivity contribution in [2.75, 3.05) is 26.7 Å². The number of benzene rings is 1. The normalized spacial score (nSPS) is 12.3. The first kappa shape index (κ1) is 15.7. The molecule has 3 nitrogen and oxygen atoms in total. The Bertz CT molecular complexity index is 369. The summed E-state index contributed by atoms with van der Waals surface area (Å²) >= 11 is 0. The Morgan fingerprint density at radius 2 is 2.00 bits per heavy atom. The molecule has 1 aromatic carbocycles. The molecular formula is C16H25N3. The molecule has 0 bridgehead atoms. The summed E-state index contributed by atoms with van der Waals surface area (Å²) in [6, 6.07) is 12.8. The minimum Gasteiger partial charge on any atom is -0.306 e. The average molecular weight is 259 g/mol. The van der Waals surface area contributed by atoms with Crippen molar-refractivity contribution in [1.29, 1.82) is 5.26 Å². The molecule has 0 aliphatic carbocycles. The van der Waals surface area contributed by atoms with Gasteiger partial charge in [0.15, 0.2) is 0 Å². The van der Waals surface area contributed by atoms with Gasteiger partial charge < -0.3 is 10.2 Å². The van der Waals surface area contributed by atoms with Gasteiger partial charge in [0.1, 0.15) is 0 Å². The summed E-state index contributed by atoms with van der Waals surface area (Å²) in [5, 5.41) is 12.3. The standard InChI is InChI=1S/C16H25N3/c1-3-11-18-16(14-17)10-13-19(2)12-9-15-7-5-4-6-8-15/h4-8,16,18H,3,9-13H2,1-2H3. The maximum Gasteiger partial charge on any atom is 0.0965 e. The second-order valence-corrected chi connectivity index (χ2v) is 4.96.